The summed E-state index contributed by atoms with van der Waals surface area (Å²) in [7, 11) is 0. The van der Waals surface area contributed by atoms with Crippen molar-refractivity contribution in [3.05, 3.63) is 94.0 Å². The minimum absolute atomic E-state index is 0.163. The number of aliphatic hydroxyl groups is 1. The quantitative estimate of drug-likeness (QED) is 0.536. The highest BCUT2D eigenvalue weighted by molar-refractivity contribution is 6.04. The van der Waals surface area contributed by atoms with Crippen LogP contribution in [0.25, 0.3) is 0 Å². The second-order valence-electron chi connectivity index (χ2n) is 7.52. The maximum Gasteiger partial charge on any atom is 0.255 e. The number of amides is 1. The van der Waals surface area contributed by atoms with Gasteiger partial charge in [-0.2, -0.15) is 0 Å². The van der Waals surface area contributed by atoms with Crippen LogP contribution in [0.4, 0.5) is 11.4 Å². The van der Waals surface area contributed by atoms with E-state index in [-0.39, 0.29) is 5.91 Å². The van der Waals surface area contributed by atoms with Crippen molar-refractivity contribution in [1.29, 1.82) is 0 Å². The van der Waals surface area contributed by atoms with Crippen molar-refractivity contribution in [3.63, 3.8) is 0 Å². The predicted molar refractivity (Wildman–Crippen MR) is 120 cm³/mol. The molecule has 1 amide bonds. The minimum Gasteiger partial charge on any atom is -0.387 e. The Morgan fingerprint density at radius 2 is 1.52 bits per heavy atom. The molecule has 0 aliphatic heterocycles. The van der Waals surface area contributed by atoms with Gasteiger partial charge in [0.05, 0.1) is 6.10 Å². The molecule has 3 N–H and O–H groups in total. The van der Waals surface area contributed by atoms with E-state index >= 15 is 0 Å². The molecule has 0 saturated carbocycles. The smallest absolute Gasteiger partial charge is 0.255 e. The van der Waals surface area contributed by atoms with Crippen molar-refractivity contribution in [2.75, 3.05) is 17.2 Å². The minimum atomic E-state index is -0.662. The van der Waals surface area contributed by atoms with Crippen LogP contribution in [0.3, 0.4) is 0 Å². The van der Waals surface area contributed by atoms with Crippen LogP contribution >= 0.6 is 0 Å². The summed E-state index contributed by atoms with van der Waals surface area (Å²) in [6.45, 7) is 8.64. The van der Waals surface area contributed by atoms with Gasteiger partial charge < -0.3 is 15.7 Å². The van der Waals surface area contributed by atoms with Crippen molar-refractivity contribution in [1.82, 2.24) is 0 Å². The van der Waals surface area contributed by atoms with E-state index in [1.807, 2.05) is 31.2 Å². The lowest BCUT2D eigenvalue weighted by Crippen LogP contribution is -2.14. The fourth-order valence-corrected chi connectivity index (χ4v) is 3.23. The van der Waals surface area contributed by atoms with Gasteiger partial charge in [0, 0.05) is 23.5 Å². The molecule has 0 radical (unpaired) electrons. The molecule has 0 bridgehead atoms. The normalized spacial score (nSPS) is 11.8. The fourth-order valence-electron chi connectivity index (χ4n) is 3.23. The standard InChI is InChI=1S/C25H28N2O2/c1-16-7-5-6-8-23(16)27-25(29)21-11-9-20(10-12-21)24(28)15-26-22-13-17(2)19(4)18(3)14-22/h5-14,24,26,28H,15H2,1-4H3,(H,27,29). The average Bonchev–Trinajstić information content (AvgIpc) is 2.72. The van der Waals surface area contributed by atoms with E-state index in [1.54, 1.807) is 24.3 Å². The molecule has 3 rings (SSSR count). The number of carbonyl (C=O) groups is 1. The van der Waals surface area contributed by atoms with Gasteiger partial charge in [-0.3, -0.25) is 4.79 Å². The largest absolute Gasteiger partial charge is 0.387 e. The number of para-hydroxylation sites is 1. The Morgan fingerprint density at radius 3 is 2.14 bits per heavy atom. The summed E-state index contributed by atoms with van der Waals surface area (Å²) in [5.74, 6) is -0.163. The van der Waals surface area contributed by atoms with Crippen LogP contribution in [-0.2, 0) is 0 Å². The third kappa shape index (κ3) is 5.04. The lowest BCUT2D eigenvalue weighted by Gasteiger charge is -2.16. The predicted octanol–water partition coefficient (Wildman–Crippen LogP) is 5.32. The number of rotatable bonds is 6. The first-order valence-corrected chi connectivity index (χ1v) is 9.82. The zero-order valence-electron chi connectivity index (χ0n) is 17.4. The van der Waals surface area contributed by atoms with Crippen LogP contribution in [0, 0.1) is 27.7 Å². The Labute approximate surface area is 172 Å². The van der Waals surface area contributed by atoms with E-state index in [2.05, 4.69) is 43.5 Å². The number of aryl methyl sites for hydroxylation is 3. The van der Waals surface area contributed by atoms with Gasteiger partial charge in [-0.15, -0.1) is 0 Å². The van der Waals surface area contributed by atoms with Gasteiger partial charge in [-0.1, -0.05) is 30.3 Å². The van der Waals surface area contributed by atoms with E-state index in [1.165, 1.54) is 16.7 Å². The fraction of sp³-hybridized carbons (Fsp3) is 0.240. The van der Waals surface area contributed by atoms with Gasteiger partial charge in [0.15, 0.2) is 0 Å². The number of nitrogens with one attached hydrogen (secondary N) is 2. The van der Waals surface area contributed by atoms with Gasteiger partial charge in [0.2, 0.25) is 0 Å². The van der Waals surface area contributed by atoms with Crippen molar-refractivity contribution >= 4 is 17.3 Å². The Kier molecular flexibility index (Phi) is 6.35. The molecule has 150 valence electrons. The van der Waals surface area contributed by atoms with Gasteiger partial charge in [-0.05, 0) is 85.8 Å². The summed E-state index contributed by atoms with van der Waals surface area (Å²) >= 11 is 0. The Hall–Kier alpha value is -3.11. The molecular weight excluding hydrogens is 360 g/mol. The summed E-state index contributed by atoms with van der Waals surface area (Å²) < 4.78 is 0. The first kappa shape index (κ1) is 20.6. The monoisotopic (exact) mass is 388 g/mol. The van der Waals surface area contributed by atoms with Crippen LogP contribution in [0.5, 0.6) is 0 Å². The summed E-state index contributed by atoms with van der Waals surface area (Å²) in [4.78, 5) is 12.5. The molecular formula is C25H28N2O2. The molecule has 0 fully saturated rings. The highest BCUT2D eigenvalue weighted by atomic mass is 16.3. The molecule has 0 aliphatic rings. The number of hydrogen-bond donors (Lipinski definition) is 3. The molecule has 29 heavy (non-hydrogen) atoms. The zero-order chi connectivity index (χ0) is 21.0. The summed E-state index contributed by atoms with van der Waals surface area (Å²) in [5.41, 5.74) is 7.88. The van der Waals surface area contributed by atoms with Gasteiger partial charge in [0.25, 0.3) is 5.91 Å². The van der Waals surface area contributed by atoms with E-state index < -0.39 is 6.10 Å². The van der Waals surface area contributed by atoms with Crippen LogP contribution in [0.15, 0.2) is 60.7 Å². The van der Waals surface area contributed by atoms with E-state index in [0.717, 1.165) is 22.5 Å². The van der Waals surface area contributed by atoms with E-state index in [9.17, 15) is 9.90 Å². The average molecular weight is 389 g/mol. The van der Waals surface area contributed by atoms with Crippen molar-refractivity contribution < 1.29 is 9.90 Å². The molecule has 0 heterocycles. The van der Waals surface area contributed by atoms with Crippen LogP contribution in [0.2, 0.25) is 0 Å². The summed E-state index contributed by atoms with van der Waals surface area (Å²) in [6.07, 6.45) is -0.662. The van der Waals surface area contributed by atoms with Crippen LogP contribution in [0.1, 0.15) is 44.3 Å². The maximum atomic E-state index is 12.5. The number of aliphatic hydroxyl groups excluding tert-OH is 1. The number of benzene rings is 3. The molecule has 1 atom stereocenters. The first-order chi connectivity index (χ1) is 13.8. The number of hydrogen-bond acceptors (Lipinski definition) is 3. The Bertz CT molecular complexity index is 987. The SMILES string of the molecule is Cc1ccccc1NC(=O)c1ccc(C(O)CNc2cc(C)c(C)c(C)c2)cc1. The van der Waals surface area contributed by atoms with Crippen LogP contribution in [-0.4, -0.2) is 17.6 Å². The van der Waals surface area contributed by atoms with Gasteiger partial charge in [0.1, 0.15) is 0 Å². The Balaban J connectivity index is 1.62. The highest BCUT2D eigenvalue weighted by Crippen LogP contribution is 2.21. The second kappa shape index (κ2) is 8.93. The molecule has 1 unspecified atom stereocenters. The maximum absolute atomic E-state index is 12.5. The first-order valence-electron chi connectivity index (χ1n) is 9.82. The summed E-state index contributed by atoms with van der Waals surface area (Å²) in [5, 5.41) is 16.7. The molecule has 4 nitrogen and oxygen atoms in total. The van der Waals surface area contributed by atoms with E-state index in [0.29, 0.717) is 12.1 Å². The molecule has 3 aromatic rings. The number of anilines is 2. The summed E-state index contributed by atoms with van der Waals surface area (Å²) in [6, 6.07) is 18.9. The highest BCUT2D eigenvalue weighted by Gasteiger charge is 2.11. The zero-order valence-corrected chi connectivity index (χ0v) is 17.4. The topological polar surface area (TPSA) is 61.4 Å². The third-order valence-electron chi connectivity index (χ3n) is 5.38. The molecule has 4 heteroatoms. The van der Waals surface area contributed by atoms with E-state index in [4.69, 9.17) is 0 Å². The lowest BCUT2D eigenvalue weighted by atomic mass is 10.0. The molecule has 0 aliphatic carbocycles. The third-order valence-corrected chi connectivity index (χ3v) is 5.38. The molecule has 3 aromatic carbocycles. The molecule has 0 saturated heterocycles. The van der Waals surface area contributed by atoms with Crippen molar-refractivity contribution in [2.45, 2.75) is 33.8 Å². The van der Waals surface area contributed by atoms with Crippen molar-refractivity contribution in [3.8, 4) is 0 Å². The van der Waals surface area contributed by atoms with Crippen LogP contribution < -0.4 is 10.6 Å². The van der Waals surface area contributed by atoms with Gasteiger partial charge in [-0.25, -0.2) is 0 Å². The van der Waals surface area contributed by atoms with Crippen molar-refractivity contribution in [2.24, 2.45) is 0 Å². The second-order valence-corrected chi connectivity index (χ2v) is 7.52. The van der Waals surface area contributed by atoms with Gasteiger partial charge >= 0.3 is 0 Å². The lowest BCUT2D eigenvalue weighted by molar-refractivity contribution is 0.102. The molecule has 0 aromatic heterocycles. The number of carbonyl (C=O) groups excluding carboxylic acids is 1. The Morgan fingerprint density at radius 1 is 0.897 bits per heavy atom. The molecule has 0 spiro atoms.